The summed E-state index contributed by atoms with van der Waals surface area (Å²) in [5.74, 6) is 0.00569. The molecule has 0 aliphatic heterocycles. The molecule has 3 nitrogen and oxygen atoms in total. The van der Waals surface area contributed by atoms with E-state index in [9.17, 15) is 15.0 Å². The van der Waals surface area contributed by atoms with E-state index in [-0.39, 0.29) is 17.4 Å². The van der Waals surface area contributed by atoms with Gasteiger partial charge in [-0.15, -0.1) is 0 Å². The monoisotopic (exact) mass is 306 g/mol. The van der Waals surface area contributed by atoms with Crippen LogP contribution in [0.3, 0.4) is 0 Å². The van der Waals surface area contributed by atoms with E-state index in [0.717, 1.165) is 6.29 Å². The van der Waals surface area contributed by atoms with Crippen molar-refractivity contribution in [3.63, 3.8) is 0 Å². The number of phenols is 2. The third kappa shape index (κ3) is 2.37. The van der Waals surface area contributed by atoms with Gasteiger partial charge >= 0.3 is 0 Å². The van der Waals surface area contributed by atoms with Crippen molar-refractivity contribution in [1.82, 2.24) is 0 Å². The first-order valence-electron chi connectivity index (χ1n) is 4.21. The molecule has 1 rings (SSSR count). The van der Waals surface area contributed by atoms with Crippen molar-refractivity contribution in [3.05, 3.63) is 21.3 Å². The van der Waals surface area contributed by atoms with Crippen LogP contribution in [0.4, 0.5) is 0 Å². The number of hydrogen-bond acceptors (Lipinski definition) is 3. The second-order valence-corrected chi connectivity index (χ2v) is 4.30. The third-order valence-corrected chi connectivity index (χ3v) is 3.02. The normalized spacial score (nSPS) is 12.4. The molecule has 2 N–H and O–H groups in total. The molecule has 0 fully saturated rings. The molecule has 0 saturated carbocycles. The predicted molar refractivity (Wildman–Crippen MR) is 61.4 cm³/mol. The molecule has 14 heavy (non-hydrogen) atoms. The summed E-state index contributed by atoms with van der Waals surface area (Å²) in [5.41, 5.74) is 0.687. The minimum Gasteiger partial charge on any atom is -0.507 e. The summed E-state index contributed by atoms with van der Waals surface area (Å²) in [4.78, 5) is 10.4. The fraction of sp³-hybridized carbons (Fsp3) is 0.300. The van der Waals surface area contributed by atoms with Crippen LogP contribution in [-0.4, -0.2) is 16.5 Å². The minimum absolute atomic E-state index is 0.0607. The van der Waals surface area contributed by atoms with Gasteiger partial charge in [-0.2, -0.15) is 0 Å². The number of carbonyl (C=O) groups excluding carboxylic acids is 1. The lowest BCUT2D eigenvalue weighted by Crippen LogP contribution is -2.01. The van der Waals surface area contributed by atoms with Gasteiger partial charge in [0.25, 0.3) is 0 Å². The average molecular weight is 306 g/mol. The van der Waals surface area contributed by atoms with Crippen LogP contribution in [0.2, 0.25) is 0 Å². The van der Waals surface area contributed by atoms with Gasteiger partial charge in [0.05, 0.1) is 3.57 Å². The van der Waals surface area contributed by atoms with Gasteiger partial charge in [-0.1, -0.05) is 13.0 Å². The summed E-state index contributed by atoms with van der Waals surface area (Å²) in [6, 6.07) is 3.15. The van der Waals surface area contributed by atoms with Gasteiger partial charge < -0.3 is 15.0 Å². The van der Waals surface area contributed by atoms with Gasteiger partial charge in [0.2, 0.25) is 0 Å². The van der Waals surface area contributed by atoms with Gasteiger partial charge in [-0.3, -0.25) is 0 Å². The summed E-state index contributed by atoms with van der Waals surface area (Å²) < 4.78 is 0.429. The molecule has 1 aromatic rings. The number of halogens is 1. The van der Waals surface area contributed by atoms with Gasteiger partial charge in [-0.25, -0.2) is 0 Å². The fourth-order valence-electron chi connectivity index (χ4n) is 1.15. The lowest BCUT2D eigenvalue weighted by Gasteiger charge is -2.08. The summed E-state index contributed by atoms with van der Waals surface area (Å²) in [6.45, 7) is 1.78. The maximum atomic E-state index is 10.4. The zero-order valence-corrected chi connectivity index (χ0v) is 9.85. The molecule has 76 valence electrons. The fourth-order valence-corrected chi connectivity index (χ4v) is 1.68. The Hall–Kier alpha value is -0.780. The highest BCUT2D eigenvalue weighted by molar-refractivity contribution is 14.1. The number of benzene rings is 1. The summed E-state index contributed by atoms with van der Waals surface area (Å²) in [5, 5.41) is 18.9. The molecule has 0 heterocycles. The number of aromatic hydroxyl groups is 2. The lowest BCUT2D eigenvalue weighted by molar-refractivity contribution is -0.110. The Morgan fingerprint density at radius 2 is 2.14 bits per heavy atom. The molecule has 0 radical (unpaired) electrons. The maximum absolute atomic E-state index is 10.4. The second kappa shape index (κ2) is 4.63. The number of hydrogen-bond donors (Lipinski definition) is 2. The quantitative estimate of drug-likeness (QED) is 0.664. The molecule has 0 aromatic heterocycles. The summed E-state index contributed by atoms with van der Waals surface area (Å²) in [6.07, 6.45) is 1.34. The van der Waals surface area contributed by atoms with Crippen LogP contribution in [0.1, 0.15) is 12.5 Å². The van der Waals surface area contributed by atoms with Crippen LogP contribution < -0.4 is 0 Å². The standard InChI is InChI=1S/C10H11IO3/c1-6(5-12)4-7-2-3-8(13)9(11)10(7)14/h2-3,5-6,13-14H,4H2,1H3. The van der Waals surface area contributed by atoms with E-state index in [1.807, 2.05) is 22.6 Å². The number of aldehydes is 1. The topological polar surface area (TPSA) is 57.5 Å². The Kier molecular flexibility index (Phi) is 3.74. The Morgan fingerprint density at radius 3 is 2.71 bits per heavy atom. The van der Waals surface area contributed by atoms with Crippen molar-refractivity contribution in [1.29, 1.82) is 0 Å². The van der Waals surface area contributed by atoms with Crippen molar-refractivity contribution < 1.29 is 15.0 Å². The molecule has 0 aliphatic rings. The summed E-state index contributed by atoms with van der Waals surface area (Å²) >= 11 is 1.87. The molecule has 1 atom stereocenters. The minimum atomic E-state index is -0.124. The van der Waals surface area contributed by atoms with Crippen LogP contribution >= 0.6 is 22.6 Å². The lowest BCUT2D eigenvalue weighted by atomic mass is 10.0. The molecule has 0 spiro atoms. The van der Waals surface area contributed by atoms with Gasteiger partial charge in [0.1, 0.15) is 17.8 Å². The van der Waals surface area contributed by atoms with E-state index in [1.54, 1.807) is 13.0 Å². The first-order chi connectivity index (χ1) is 6.56. The highest BCUT2D eigenvalue weighted by Crippen LogP contribution is 2.32. The number of carbonyl (C=O) groups is 1. The van der Waals surface area contributed by atoms with Gasteiger partial charge in [0.15, 0.2) is 0 Å². The molecule has 1 unspecified atom stereocenters. The predicted octanol–water partition coefficient (Wildman–Crippen LogP) is 2.08. The van der Waals surface area contributed by atoms with Crippen molar-refractivity contribution in [2.75, 3.05) is 0 Å². The first kappa shape index (κ1) is 11.3. The van der Waals surface area contributed by atoms with E-state index in [4.69, 9.17) is 0 Å². The molecular weight excluding hydrogens is 295 g/mol. The first-order valence-corrected chi connectivity index (χ1v) is 5.28. The van der Waals surface area contributed by atoms with Crippen LogP contribution in [0.5, 0.6) is 11.5 Å². The van der Waals surface area contributed by atoms with E-state index >= 15 is 0 Å². The van der Waals surface area contributed by atoms with Crippen LogP contribution in [0.15, 0.2) is 12.1 Å². The number of rotatable bonds is 3. The average Bonchev–Trinajstić information content (AvgIpc) is 2.19. The van der Waals surface area contributed by atoms with Gasteiger partial charge in [-0.05, 0) is 40.6 Å². The Bertz CT molecular complexity index is 349. The van der Waals surface area contributed by atoms with Crippen molar-refractivity contribution in [2.24, 2.45) is 5.92 Å². The molecule has 4 heteroatoms. The molecule has 0 bridgehead atoms. The van der Waals surface area contributed by atoms with E-state index in [2.05, 4.69) is 0 Å². The van der Waals surface area contributed by atoms with Crippen molar-refractivity contribution in [2.45, 2.75) is 13.3 Å². The zero-order valence-electron chi connectivity index (χ0n) is 7.70. The van der Waals surface area contributed by atoms with E-state index < -0.39 is 0 Å². The van der Waals surface area contributed by atoms with Crippen LogP contribution in [0.25, 0.3) is 0 Å². The maximum Gasteiger partial charge on any atom is 0.135 e. The van der Waals surface area contributed by atoms with Crippen LogP contribution in [0, 0.1) is 9.49 Å². The van der Waals surface area contributed by atoms with E-state index in [0.29, 0.717) is 15.6 Å². The Morgan fingerprint density at radius 1 is 1.50 bits per heavy atom. The SMILES string of the molecule is CC(C=O)Cc1ccc(O)c(I)c1O. The molecule has 1 aromatic carbocycles. The largest absolute Gasteiger partial charge is 0.507 e. The van der Waals surface area contributed by atoms with Crippen LogP contribution in [-0.2, 0) is 11.2 Å². The molecule has 0 amide bonds. The third-order valence-electron chi connectivity index (χ3n) is 1.95. The second-order valence-electron chi connectivity index (χ2n) is 3.22. The Balaban J connectivity index is 2.99. The highest BCUT2D eigenvalue weighted by Gasteiger charge is 2.11. The smallest absolute Gasteiger partial charge is 0.135 e. The molecular formula is C10H11IO3. The molecule has 0 aliphatic carbocycles. The van der Waals surface area contributed by atoms with Gasteiger partial charge in [0, 0.05) is 5.92 Å². The van der Waals surface area contributed by atoms with Crippen molar-refractivity contribution >= 4 is 28.9 Å². The van der Waals surface area contributed by atoms with E-state index in [1.165, 1.54) is 6.07 Å². The summed E-state index contributed by atoms with van der Waals surface area (Å²) in [7, 11) is 0. The van der Waals surface area contributed by atoms with Crippen molar-refractivity contribution in [3.8, 4) is 11.5 Å². The number of phenolic OH excluding ortho intramolecular Hbond substituents is 2. The Labute approximate surface area is 95.9 Å². The molecule has 0 saturated heterocycles. The zero-order chi connectivity index (χ0) is 10.7. The highest BCUT2D eigenvalue weighted by atomic mass is 127.